The lowest BCUT2D eigenvalue weighted by atomic mass is 9.82. The first-order valence-electron chi connectivity index (χ1n) is 7.80. The van der Waals surface area contributed by atoms with E-state index in [1.54, 1.807) is 0 Å². The molecule has 0 spiro atoms. The minimum Gasteiger partial charge on any atom is -0.296 e. The molecule has 0 radical (unpaired) electrons. The lowest BCUT2D eigenvalue weighted by Crippen LogP contribution is -2.19. The van der Waals surface area contributed by atoms with Crippen molar-refractivity contribution < 1.29 is 0 Å². The summed E-state index contributed by atoms with van der Waals surface area (Å²) in [6.45, 7) is 4.17. The van der Waals surface area contributed by atoms with Crippen LogP contribution in [0.4, 0.5) is 0 Å². The Kier molecular flexibility index (Phi) is 4.30. The Morgan fingerprint density at radius 1 is 1.41 bits per heavy atom. The van der Waals surface area contributed by atoms with Crippen molar-refractivity contribution >= 4 is 28.7 Å². The van der Waals surface area contributed by atoms with Crippen LogP contribution >= 0.6 is 11.6 Å². The number of fused-ring (bicyclic) bond motifs is 2. The fraction of sp³-hybridized carbons (Fsp3) is 0.368. The van der Waals surface area contributed by atoms with Gasteiger partial charge in [0.1, 0.15) is 0 Å². The Morgan fingerprint density at radius 2 is 2.23 bits per heavy atom. The van der Waals surface area contributed by atoms with Crippen LogP contribution in [0.25, 0.3) is 10.9 Å². The average molecular weight is 313 g/mol. The number of hydrogen-bond acceptors (Lipinski definition) is 2. The third kappa shape index (κ3) is 2.68. The zero-order valence-corrected chi connectivity index (χ0v) is 14.1. The SMILES string of the molecule is C/C=C(\C=N/C)C1CCc2c(nc3cc(C)ccc3c2Cl)C1. The maximum absolute atomic E-state index is 6.65. The van der Waals surface area contributed by atoms with E-state index in [2.05, 4.69) is 43.1 Å². The molecule has 0 saturated heterocycles. The average Bonchev–Trinajstić information content (AvgIpc) is 2.52. The number of allylic oxidation sites excluding steroid dienone is 2. The molecule has 1 aliphatic rings. The Balaban J connectivity index is 2.05. The lowest BCUT2D eigenvalue weighted by Gasteiger charge is -2.26. The molecule has 22 heavy (non-hydrogen) atoms. The molecule has 0 aliphatic heterocycles. The minimum atomic E-state index is 0.493. The van der Waals surface area contributed by atoms with Crippen LogP contribution < -0.4 is 0 Å². The first-order chi connectivity index (χ1) is 10.6. The Morgan fingerprint density at radius 3 is 2.95 bits per heavy atom. The van der Waals surface area contributed by atoms with Gasteiger partial charge in [-0.3, -0.25) is 9.98 Å². The Bertz CT molecular complexity index is 775. The van der Waals surface area contributed by atoms with Crippen LogP contribution in [-0.2, 0) is 12.8 Å². The van der Waals surface area contributed by atoms with E-state index in [0.29, 0.717) is 5.92 Å². The highest BCUT2D eigenvalue weighted by molar-refractivity contribution is 6.36. The molecule has 114 valence electrons. The normalized spacial score (nSPS) is 18.9. The number of halogens is 1. The highest BCUT2D eigenvalue weighted by atomic mass is 35.5. The van der Waals surface area contributed by atoms with Crippen molar-refractivity contribution in [1.82, 2.24) is 4.98 Å². The van der Waals surface area contributed by atoms with Crippen molar-refractivity contribution in [1.29, 1.82) is 0 Å². The Hall–Kier alpha value is -1.67. The van der Waals surface area contributed by atoms with Gasteiger partial charge >= 0.3 is 0 Å². The smallest absolute Gasteiger partial charge is 0.0723 e. The molecule has 0 saturated carbocycles. The molecule has 1 aliphatic carbocycles. The van der Waals surface area contributed by atoms with Gasteiger partial charge in [0.2, 0.25) is 0 Å². The maximum atomic E-state index is 6.65. The summed E-state index contributed by atoms with van der Waals surface area (Å²) in [6.07, 6.45) is 7.19. The molecule has 1 aromatic carbocycles. The summed E-state index contributed by atoms with van der Waals surface area (Å²) in [4.78, 5) is 9.09. The van der Waals surface area contributed by atoms with E-state index >= 15 is 0 Å². The van der Waals surface area contributed by atoms with Crippen molar-refractivity contribution in [2.75, 3.05) is 7.05 Å². The third-order valence-electron chi connectivity index (χ3n) is 4.52. The first kappa shape index (κ1) is 15.2. The van der Waals surface area contributed by atoms with E-state index in [4.69, 9.17) is 16.6 Å². The second-order valence-corrected chi connectivity index (χ2v) is 6.37. The van der Waals surface area contributed by atoms with Crippen LogP contribution in [0.1, 0.15) is 30.2 Å². The standard InChI is InChI=1S/C19H21ClN2/c1-4-13(11-21-3)14-6-8-16-18(10-14)22-17-9-12(2)5-7-15(17)19(16)20/h4-5,7,9,11,14H,6,8,10H2,1-3H3/b13-4+,21-11-. The Labute approximate surface area is 136 Å². The molecular formula is C19H21ClN2. The molecule has 2 nitrogen and oxygen atoms in total. The second kappa shape index (κ2) is 6.21. The van der Waals surface area contributed by atoms with Gasteiger partial charge in [-0.2, -0.15) is 0 Å². The van der Waals surface area contributed by atoms with Crippen LogP contribution in [0.5, 0.6) is 0 Å². The second-order valence-electron chi connectivity index (χ2n) is 5.99. The van der Waals surface area contributed by atoms with Crippen LogP contribution in [-0.4, -0.2) is 18.2 Å². The van der Waals surface area contributed by atoms with Gasteiger partial charge in [-0.15, -0.1) is 0 Å². The van der Waals surface area contributed by atoms with E-state index < -0.39 is 0 Å². The van der Waals surface area contributed by atoms with Gasteiger partial charge < -0.3 is 0 Å². The monoisotopic (exact) mass is 312 g/mol. The third-order valence-corrected chi connectivity index (χ3v) is 4.96. The summed E-state index contributed by atoms with van der Waals surface area (Å²) in [7, 11) is 1.83. The molecule has 1 heterocycles. The van der Waals surface area contributed by atoms with E-state index in [1.165, 1.54) is 16.7 Å². The summed E-state index contributed by atoms with van der Waals surface area (Å²) >= 11 is 6.65. The van der Waals surface area contributed by atoms with Crippen molar-refractivity contribution in [3.63, 3.8) is 0 Å². The molecule has 3 rings (SSSR count). The van der Waals surface area contributed by atoms with Gasteiger partial charge in [0.25, 0.3) is 0 Å². The predicted octanol–water partition coefficient (Wildman–Crippen LogP) is 4.95. The molecule has 1 atom stereocenters. The molecule has 1 aromatic heterocycles. The van der Waals surface area contributed by atoms with Gasteiger partial charge in [-0.25, -0.2) is 0 Å². The fourth-order valence-electron chi connectivity index (χ4n) is 3.35. The van der Waals surface area contributed by atoms with Gasteiger partial charge in [0, 0.05) is 24.3 Å². The van der Waals surface area contributed by atoms with Crippen molar-refractivity contribution in [2.45, 2.75) is 33.1 Å². The molecule has 0 N–H and O–H groups in total. The predicted molar refractivity (Wildman–Crippen MR) is 95.2 cm³/mol. The largest absolute Gasteiger partial charge is 0.296 e. The number of aromatic nitrogens is 1. The quantitative estimate of drug-likeness (QED) is 0.720. The number of benzene rings is 1. The first-order valence-corrected chi connectivity index (χ1v) is 8.17. The van der Waals surface area contributed by atoms with Crippen molar-refractivity contribution in [3.8, 4) is 0 Å². The highest BCUT2D eigenvalue weighted by Gasteiger charge is 2.24. The molecule has 0 fully saturated rings. The van der Waals surface area contributed by atoms with E-state index in [0.717, 1.165) is 40.9 Å². The zero-order chi connectivity index (χ0) is 15.7. The molecule has 0 bridgehead atoms. The van der Waals surface area contributed by atoms with Gasteiger partial charge in [0.15, 0.2) is 0 Å². The summed E-state index contributed by atoms with van der Waals surface area (Å²) in [5, 5.41) is 1.97. The van der Waals surface area contributed by atoms with E-state index in [9.17, 15) is 0 Å². The summed E-state index contributed by atoms with van der Waals surface area (Å²) in [6, 6.07) is 6.31. The summed E-state index contributed by atoms with van der Waals surface area (Å²) in [5.74, 6) is 0.493. The molecule has 3 heteroatoms. The number of nitrogens with zero attached hydrogens (tertiary/aromatic N) is 2. The molecule has 1 unspecified atom stereocenters. The zero-order valence-electron chi connectivity index (χ0n) is 13.4. The van der Waals surface area contributed by atoms with E-state index in [-0.39, 0.29) is 0 Å². The number of aryl methyl sites for hydroxylation is 1. The summed E-state index contributed by atoms with van der Waals surface area (Å²) < 4.78 is 0. The summed E-state index contributed by atoms with van der Waals surface area (Å²) in [5.41, 5.74) is 5.92. The highest BCUT2D eigenvalue weighted by Crippen LogP contribution is 2.36. The molecule has 2 aromatic rings. The number of rotatable bonds is 2. The topological polar surface area (TPSA) is 25.2 Å². The van der Waals surface area contributed by atoms with Gasteiger partial charge in [-0.05, 0) is 61.8 Å². The number of pyridine rings is 1. The van der Waals surface area contributed by atoms with Crippen LogP contribution in [0.2, 0.25) is 5.02 Å². The van der Waals surface area contributed by atoms with Crippen LogP contribution in [0.15, 0.2) is 34.8 Å². The number of hydrogen-bond donors (Lipinski definition) is 0. The van der Waals surface area contributed by atoms with Gasteiger partial charge in [0.05, 0.1) is 10.5 Å². The van der Waals surface area contributed by atoms with Crippen LogP contribution in [0, 0.1) is 12.8 Å². The van der Waals surface area contributed by atoms with Gasteiger partial charge in [-0.1, -0.05) is 29.8 Å². The fourth-order valence-corrected chi connectivity index (χ4v) is 3.71. The van der Waals surface area contributed by atoms with Crippen LogP contribution in [0.3, 0.4) is 0 Å². The van der Waals surface area contributed by atoms with Crippen molar-refractivity contribution in [2.24, 2.45) is 10.9 Å². The number of aliphatic imine (C=N–C) groups is 1. The van der Waals surface area contributed by atoms with Crippen molar-refractivity contribution in [3.05, 3.63) is 51.7 Å². The molecular weight excluding hydrogens is 292 g/mol. The van der Waals surface area contributed by atoms with E-state index in [1.807, 2.05) is 13.3 Å². The maximum Gasteiger partial charge on any atom is 0.0723 e. The minimum absolute atomic E-state index is 0.493. The molecule has 0 amide bonds. The lowest BCUT2D eigenvalue weighted by molar-refractivity contribution is 0.532.